The van der Waals surface area contributed by atoms with E-state index in [0.29, 0.717) is 29.2 Å². The lowest BCUT2D eigenvalue weighted by atomic mass is 9.66. The van der Waals surface area contributed by atoms with Crippen molar-refractivity contribution in [2.24, 2.45) is 11.8 Å². The van der Waals surface area contributed by atoms with Crippen molar-refractivity contribution >= 4 is 52.5 Å². The molecule has 3 heterocycles. The van der Waals surface area contributed by atoms with Crippen LogP contribution in [0.25, 0.3) is 0 Å². The molecule has 3 fully saturated rings. The molecule has 40 heavy (non-hydrogen) atoms. The van der Waals surface area contributed by atoms with Crippen molar-refractivity contribution in [2.75, 3.05) is 17.2 Å². The lowest BCUT2D eigenvalue weighted by Crippen LogP contribution is -2.52. The Labute approximate surface area is 242 Å². The molecule has 2 bridgehead atoms. The number of fused-ring (bicyclic) bond motifs is 1. The molecular weight excluding hydrogens is 546 g/mol. The summed E-state index contributed by atoms with van der Waals surface area (Å²) in [5, 5.41) is 17.0. The number of halogens is 1. The number of nitrogens with zero attached hydrogens (tertiary/aromatic N) is 1. The standard InChI is InChI=1S/C31H30ClN3O4S/c1-30-16-17-31(40-30)25(24(30)27(37)33-20-12-6-3-7-13-20)29(39)35(23(18-36)19-10-4-2-5-11-19)26(31)28(38)34-22-15-9-8-14-21(22)32/h2-15,23-26,36H,16-18H2,1H3,(H,33,37)(H,34,38)/t23-,24-,25+,26?,30+,31?/m1/s1. The minimum atomic E-state index is -0.917. The third-order valence-electron chi connectivity index (χ3n) is 8.61. The molecule has 3 N–H and O–H groups in total. The van der Waals surface area contributed by atoms with Gasteiger partial charge in [0.2, 0.25) is 17.7 Å². The second-order valence-electron chi connectivity index (χ2n) is 10.9. The number of aliphatic hydroxyl groups excluding tert-OH is 1. The first-order valence-electron chi connectivity index (χ1n) is 13.4. The molecule has 9 heteroatoms. The lowest BCUT2D eigenvalue weighted by Gasteiger charge is -2.37. The first kappa shape index (κ1) is 26.9. The van der Waals surface area contributed by atoms with E-state index < -0.39 is 33.4 Å². The van der Waals surface area contributed by atoms with E-state index in [1.807, 2.05) is 67.6 Å². The molecule has 0 saturated carbocycles. The predicted octanol–water partition coefficient (Wildman–Crippen LogP) is 5.13. The van der Waals surface area contributed by atoms with Crippen LogP contribution in [0, 0.1) is 11.8 Å². The number of rotatable bonds is 7. The maximum Gasteiger partial charge on any atom is 0.248 e. The molecule has 1 spiro atoms. The van der Waals surface area contributed by atoms with Gasteiger partial charge >= 0.3 is 0 Å². The molecule has 3 saturated heterocycles. The van der Waals surface area contributed by atoms with Gasteiger partial charge in [-0.3, -0.25) is 14.4 Å². The Balaban J connectivity index is 1.43. The van der Waals surface area contributed by atoms with E-state index in [1.54, 1.807) is 36.0 Å². The summed E-state index contributed by atoms with van der Waals surface area (Å²) in [7, 11) is 0. The van der Waals surface area contributed by atoms with Crippen LogP contribution in [0.5, 0.6) is 0 Å². The average Bonchev–Trinajstić information content (AvgIpc) is 3.52. The summed E-state index contributed by atoms with van der Waals surface area (Å²) in [6.07, 6.45) is 1.29. The maximum absolute atomic E-state index is 14.5. The molecular formula is C31H30ClN3O4S. The molecule has 3 aromatic rings. The first-order valence-corrected chi connectivity index (χ1v) is 14.6. The second kappa shape index (κ2) is 10.3. The molecule has 0 aliphatic carbocycles. The molecule has 3 aromatic carbocycles. The van der Waals surface area contributed by atoms with Gasteiger partial charge in [0.1, 0.15) is 6.04 Å². The molecule has 0 radical (unpaired) electrons. The summed E-state index contributed by atoms with van der Waals surface area (Å²) in [6.45, 7) is 1.67. The number of anilines is 2. The number of carbonyl (C=O) groups excluding carboxylic acids is 3. The van der Waals surface area contributed by atoms with Crippen molar-refractivity contribution in [1.29, 1.82) is 0 Å². The van der Waals surface area contributed by atoms with Crippen molar-refractivity contribution < 1.29 is 19.5 Å². The molecule has 3 aliphatic heterocycles. The van der Waals surface area contributed by atoms with E-state index >= 15 is 0 Å². The summed E-state index contributed by atoms with van der Waals surface area (Å²) in [6, 6.07) is 23.7. The molecule has 0 aromatic heterocycles. The van der Waals surface area contributed by atoms with Gasteiger partial charge in [-0.15, -0.1) is 11.8 Å². The Kier molecular flexibility index (Phi) is 6.89. The number of aliphatic hydroxyl groups is 1. The number of benzene rings is 3. The zero-order valence-corrected chi connectivity index (χ0v) is 23.5. The number of thioether (sulfide) groups is 1. The number of hydrogen-bond acceptors (Lipinski definition) is 5. The van der Waals surface area contributed by atoms with Gasteiger partial charge in [0.05, 0.1) is 39.9 Å². The largest absolute Gasteiger partial charge is 0.394 e. The Morgan fingerprint density at radius 3 is 2.30 bits per heavy atom. The van der Waals surface area contributed by atoms with Crippen molar-refractivity contribution in [2.45, 2.75) is 41.3 Å². The number of nitrogens with one attached hydrogen (secondary N) is 2. The average molecular weight is 576 g/mol. The van der Waals surface area contributed by atoms with Crippen LogP contribution in [0.4, 0.5) is 11.4 Å². The van der Waals surface area contributed by atoms with Crippen LogP contribution in [0.3, 0.4) is 0 Å². The highest BCUT2D eigenvalue weighted by Crippen LogP contribution is 2.72. The molecule has 2 unspecified atom stereocenters. The fourth-order valence-corrected chi connectivity index (χ4v) is 9.46. The number of amides is 3. The van der Waals surface area contributed by atoms with Gasteiger partial charge in [0.15, 0.2) is 0 Å². The minimum absolute atomic E-state index is 0.228. The van der Waals surface area contributed by atoms with Crippen LogP contribution in [0.2, 0.25) is 5.02 Å². The SMILES string of the molecule is C[C@@]12CCC3(S1)C(C(=O)Nc1ccccc1Cl)N([C@H](CO)c1ccccc1)C(=O)[C@@H]3[C@@H]2C(=O)Nc1ccccc1. The minimum Gasteiger partial charge on any atom is -0.394 e. The van der Waals surface area contributed by atoms with Gasteiger partial charge in [0.25, 0.3) is 0 Å². The molecule has 3 aliphatic rings. The van der Waals surface area contributed by atoms with E-state index in [2.05, 4.69) is 10.6 Å². The number of para-hydroxylation sites is 2. The van der Waals surface area contributed by atoms with Crippen LogP contribution >= 0.6 is 23.4 Å². The maximum atomic E-state index is 14.5. The molecule has 6 rings (SSSR count). The van der Waals surface area contributed by atoms with E-state index in [-0.39, 0.29) is 24.3 Å². The molecule has 206 valence electrons. The van der Waals surface area contributed by atoms with E-state index in [1.165, 1.54) is 4.90 Å². The summed E-state index contributed by atoms with van der Waals surface area (Å²) >= 11 is 7.97. The quantitative estimate of drug-likeness (QED) is 0.363. The van der Waals surface area contributed by atoms with Gasteiger partial charge in [0, 0.05) is 10.4 Å². The molecule has 6 atom stereocenters. The monoisotopic (exact) mass is 575 g/mol. The second-order valence-corrected chi connectivity index (χ2v) is 13.2. The van der Waals surface area contributed by atoms with Gasteiger partial charge in [-0.05, 0) is 49.6 Å². The Bertz CT molecular complexity index is 1460. The van der Waals surface area contributed by atoms with Gasteiger partial charge in [-0.25, -0.2) is 0 Å². The zero-order valence-electron chi connectivity index (χ0n) is 21.9. The molecule has 3 amide bonds. The van der Waals surface area contributed by atoms with Crippen LogP contribution in [0.1, 0.15) is 31.4 Å². The predicted molar refractivity (Wildman–Crippen MR) is 157 cm³/mol. The van der Waals surface area contributed by atoms with Crippen molar-refractivity contribution in [1.82, 2.24) is 4.90 Å². The number of likely N-dealkylation sites (tertiary alicyclic amines) is 1. The summed E-state index contributed by atoms with van der Waals surface area (Å²) in [5.74, 6) is -2.26. The molecule has 7 nitrogen and oxygen atoms in total. The topological polar surface area (TPSA) is 98.7 Å². The van der Waals surface area contributed by atoms with Crippen LogP contribution in [-0.4, -0.2) is 49.9 Å². The van der Waals surface area contributed by atoms with Gasteiger partial charge in [-0.1, -0.05) is 72.3 Å². The lowest BCUT2D eigenvalue weighted by molar-refractivity contribution is -0.141. The van der Waals surface area contributed by atoms with Crippen molar-refractivity contribution in [3.8, 4) is 0 Å². The highest BCUT2D eigenvalue weighted by atomic mass is 35.5. The summed E-state index contributed by atoms with van der Waals surface area (Å²) in [4.78, 5) is 44.1. The number of hydrogen-bond donors (Lipinski definition) is 3. The third-order valence-corrected chi connectivity index (χ3v) is 10.9. The fourth-order valence-electron chi connectivity index (χ4n) is 6.93. The van der Waals surface area contributed by atoms with E-state index in [0.717, 1.165) is 5.56 Å². The summed E-state index contributed by atoms with van der Waals surface area (Å²) < 4.78 is -1.35. The third kappa shape index (κ3) is 4.21. The number of carbonyl (C=O) groups is 3. The smallest absolute Gasteiger partial charge is 0.248 e. The van der Waals surface area contributed by atoms with Crippen LogP contribution in [0.15, 0.2) is 84.9 Å². The zero-order chi connectivity index (χ0) is 28.1. The summed E-state index contributed by atoms with van der Waals surface area (Å²) in [5.41, 5.74) is 1.83. The van der Waals surface area contributed by atoms with Gasteiger partial charge < -0.3 is 20.6 Å². The van der Waals surface area contributed by atoms with Gasteiger partial charge in [-0.2, -0.15) is 0 Å². The fraction of sp³-hybridized carbons (Fsp3) is 0.323. The van der Waals surface area contributed by atoms with Crippen molar-refractivity contribution in [3.63, 3.8) is 0 Å². The first-order chi connectivity index (χ1) is 19.3. The Morgan fingerprint density at radius 1 is 0.975 bits per heavy atom. The highest BCUT2D eigenvalue weighted by molar-refractivity contribution is 8.02. The normalized spacial score (nSPS) is 29.2. The Morgan fingerprint density at radius 2 is 1.62 bits per heavy atom. The van der Waals surface area contributed by atoms with E-state index in [9.17, 15) is 19.5 Å². The Hall–Kier alpha value is -3.33. The highest BCUT2D eigenvalue weighted by Gasteiger charge is 2.77. The van der Waals surface area contributed by atoms with Crippen molar-refractivity contribution in [3.05, 3.63) is 95.5 Å². The van der Waals surface area contributed by atoms with Crippen LogP contribution in [-0.2, 0) is 14.4 Å². The van der Waals surface area contributed by atoms with E-state index in [4.69, 9.17) is 11.6 Å². The van der Waals surface area contributed by atoms with Crippen LogP contribution < -0.4 is 10.6 Å².